The SMILES string of the molecule is OCC1CN(Cc2cc3c(cc2Br)OCCO3)CCO1. The lowest BCUT2D eigenvalue weighted by Gasteiger charge is -2.32. The Labute approximate surface area is 126 Å². The number of ether oxygens (including phenoxy) is 3. The first-order chi connectivity index (χ1) is 9.76. The number of fused-ring (bicyclic) bond motifs is 1. The van der Waals surface area contributed by atoms with E-state index in [1.807, 2.05) is 12.1 Å². The Morgan fingerprint density at radius 1 is 1.20 bits per heavy atom. The molecule has 110 valence electrons. The molecule has 0 bridgehead atoms. The van der Waals surface area contributed by atoms with Gasteiger partial charge >= 0.3 is 0 Å². The summed E-state index contributed by atoms with van der Waals surface area (Å²) in [5, 5.41) is 9.19. The number of rotatable bonds is 3. The zero-order chi connectivity index (χ0) is 13.9. The molecule has 0 aromatic heterocycles. The fraction of sp³-hybridized carbons (Fsp3) is 0.571. The third kappa shape index (κ3) is 3.09. The predicted molar refractivity (Wildman–Crippen MR) is 77.2 cm³/mol. The molecule has 1 atom stereocenters. The fourth-order valence-corrected chi connectivity index (χ4v) is 2.95. The number of halogens is 1. The molecule has 1 unspecified atom stereocenters. The van der Waals surface area contributed by atoms with E-state index >= 15 is 0 Å². The summed E-state index contributed by atoms with van der Waals surface area (Å²) in [5.41, 5.74) is 1.16. The molecule has 2 aliphatic heterocycles. The molecule has 20 heavy (non-hydrogen) atoms. The minimum atomic E-state index is -0.0836. The Morgan fingerprint density at radius 2 is 1.95 bits per heavy atom. The Kier molecular flexibility index (Phi) is 4.45. The Bertz CT molecular complexity index is 482. The maximum atomic E-state index is 9.19. The van der Waals surface area contributed by atoms with Crippen LogP contribution in [0.5, 0.6) is 11.5 Å². The first kappa shape index (κ1) is 14.1. The van der Waals surface area contributed by atoms with Crippen LogP contribution >= 0.6 is 15.9 Å². The average molecular weight is 344 g/mol. The van der Waals surface area contributed by atoms with Crippen LogP contribution in [0.25, 0.3) is 0 Å². The second-order valence-electron chi connectivity index (χ2n) is 5.00. The van der Waals surface area contributed by atoms with Gasteiger partial charge in [0.1, 0.15) is 13.2 Å². The van der Waals surface area contributed by atoms with Gasteiger partial charge in [0.05, 0.1) is 19.3 Å². The minimum Gasteiger partial charge on any atom is -0.486 e. The zero-order valence-corrected chi connectivity index (χ0v) is 12.8. The highest BCUT2D eigenvalue weighted by atomic mass is 79.9. The highest BCUT2D eigenvalue weighted by Gasteiger charge is 2.22. The molecule has 1 fully saturated rings. The molecular formula is C14H18BrNO4. The number of morpholine rings is 1. The van der Waals surface area contributed by atoms with E-state index in [4.69, 9.17) is 14.2 Å². The van der Waals surface area contributed by atoms with E-state index in [2.05, 4.69) is 20.8 Å². The van der Waals surface area contributed by atoms with Gasteiger partial charge in [-0.25, -0.2) is 0 Å². The number of hydrogen-bond donors (Lipinski definition) is 1. The summed E-state index contributed by atoms with van der Waals surface area (Å²) in [4.78, 5) is 2.28. The van der Waals surface area contributed by atoms with E-state index in [0.29, 0.717) is 19.8 Å². The van der Waals surface area contributed by atoms with Gasteiger partial charge in [-0.05, 0) is 17.7 Å². The highest BCUT2D eigenvalue weighted by Crippen LogP contribution is 2.36. The largest absolute Gasteiger partial charge is 0.486 e. The molecule has 0 aliphatic carbocycles. The number of benzene rings is 1. The molecule has 2 heterocycles. The first-order valence-corrected chi connectivity index (χ1v) is 7.58. The maximum absolute atomic E-state index is 9.19. The summed E-state index contributed by atoms with van der Waals surface area (Å²) in [6.07, 6.45) is -0.0836. The van der Waals surface area contributed by atoms with Crippen LogP contribution in [0.2, 0.25) is 0 Å². The van der Waals surface area contributed by atoms with Crippen molar-refractivity contribution in [3.05, 3.63) is 22.2 Å². The molecule has 6 heteroatoms. The van der Waals surface area contributed by atoms with Gasteiger partial charge in [-0.1, -0.05) is 15.9 Å². The van der Waals surface area contributed by atoms with Gasteiger partial charge in [-0.15, -0.1) is 0 Å². The molecule has 0 radical (unpaired) electrons. The normalized spacial score (nSPS) is 22.8. The van der Waals surface area contributed by atoms with E-state index in [1.54, 1.807) is 0 Å². The Hall–Kier alpha value is -0.820. The standard InChI is InChI=1S/C14H18BrNO4/c15-12-6-14-13(19-3-4-20-14)5-10(12)7-16-1-2-18-11(8-16)9-17/h5-6,11,17H,1-4,7-9H2. The molecule has 3 rings (SSSR count). The quantitative estimate of drug-likeness (QED) is 0.899. The van der Waals surface area contributed by atoms with E-state index in [-0.39, 0.29) is 12.7 Å². The molecule has 1 aromatic carbocycles. The third-order valence-corrected chi connectivity index (χ3v) is 4.27. The first-order valence-electron chi connectivity index (χ1n) is 6.79. The monoisotopic (exact) mass is 343 g/mol. The van der Waals surface area contributed by atoms with E-state index in [9.17, 15) is 5.11 Å². The van der Waals surface area contributed by atoms with Crippen molar-refractivity contribution < 1.29 is 19.3 Å². The van der Waals surface area contributed by atoms with Crippen LogP contribution in [0, 0.1) is 0 Å². The van der Waals surface area contributed by atoms with E-state index in [0.717, 1.165) is 41.2 Å². The van der Waals surface area contributed by atoms with Gasteiger partial charge in [0.25, 0.3) is 0 Å². The van der Waals surface area contributed by atoms with Crippen molar-refractivity contribution in [1.82, 2.24) is 4.90 Å². The summed E-state index contributed by atoms with van der Waals surface area (Å²) in [5.74, 6) is 1.60. The molecule has 1 saturated heterocycles. The lowest BCUT2D eigenvalue weighted by atomic mass is 10.1. The Balaban J connectivity index is 1.73. The average Bonchev–Trinajstić information content (AvgIpc) is 2.48. The maximum Gasteiger partial charge on any atom is 0.162 e. The van der Waals surface area contributed by atoms with Crippen LogP contribution in [-0.4, -0.2) is 55.6 Å². The van der Waals surface area contributed by atoms with Gasteiger partial charge in [-0.2, -0.15) is 0 Å². The topological polar surface area (TPSA) is 51.2 Å². The van der Waals surface area contributed by atoms with Crippen molar-refractivity contribution in [3.63, 3.8) is 0 Å². The fourth-order valence-electron chi connectivity index (χ4n) is 2.50. The number of nitrogens with zero attached hydrogens (tertiary/aromatic N) is 1. The van der Waals surface area contributed by atoms with Crippen LogP contribution < -0.4 is 9.47 Å². The lowest BCUT2D eigenvalue weighted by Crippen LogP contribution is -2.43. The summed E-state index contributed by atoms with van der Waals surface area (Å²) in [7, 11) is 0. The van der Waals surface area contributed by atoms with E-state index in [1.165, 1.54) is 0 Å². The van der Waals surface area contributed by atoms with Gasteiger partial charge in [0.15, 0.2) is 11.5 Å². The van der Waals surface area contributed by atoms with Crippen molar-refractivity contribution in [3.8, 4) is 11.5 Å². The predicted octanol–water partition coefficient (Wildman–Crippen LogP) is 1.41. The summed E-state index contributed by atoms with van der Waals surface area (Å²) < 4.78 is 17.7. The number of aliphatic hydroxyl groups excluding tert-OH is 1. The van der Waals surface area contributed by atoms with Crippen molar-refractivity contribution in [2.45, 2.75) is 12.6 Å². The van der Waals surface area contributed by atoms with Gasteiger partial charge in [0, 0.05) is 24.1 Å². The molecule has 1 N–H and O–H groups in total. The molecule has 2 aliphatic rings. The van der Waals surface area contributed by atoms with Gasteiger partial charge < -0.3 is 19.3 Å². The summed E-state index contributed by atoms with van der Waals surface area (Å²) in [6, 6.07) is 4.00. The van der Waals surface area contributed by atoms with Crippen LogP contribution in [0.1, 0.15) is 5.56 Å². The molecule has 1 aromatic rings. The van der Waals surface area contributed by atoms with Crippen LogP contribution in [0.4, 0.5) is 0 Å². The number of aliphatic hydroxyl groups is 1. The molecule has 0 amide bonds. The highest BCUT2D eigenvalue weighted by molar-refractivity contribution is 9.10. The number of hydrogen-bond acceptors (Lipinski definition) is 5. The van der Waals surface area contributed by atoms with Gasteiger partial charge in [-0.3, -0.25) is 4.90 Å². The van der Waals surface area contributed by atoms with Crippen molar-refractivity contribution in [2.75, 3.05) is 39.5 Å². The molecule has 0 spiro atoms. The Morgan fingerprint density at radius 3 is 2.70 bits per heavy atom. The summed E-state index contributed by atoms with van der Waals surface area (Å²) >= 11 is 3.59. The van der Waals surface area contributed by atoms with E-state index < -0.39 is 0 Å². The lowest BCUT2D eigenvalue weighted by molar-refractivity contribution is -0.0551. The minimum absolute atomic E-state index is 0.0683. The van der Waals surface area contributed by atoms with Crippen molar-refractivity contribution in [2.24, 2.45) is 0 Å². The van der Waals surface area contributed by atoms with Crippen LogP contribution in [0.15, 0.2) is 16.6 Å². The molecule has 0 saturated carbocycles. The molecule has 5 nitrogen and oxygen atoms in total. The third-order valence-electron chi connectivity index (χ3n) is 3.53. The van der Waals surface area contributed by atoms with Crippen LogP contribution in [0.3, 0.4) is 0 Å². The zero-order valence-electron chi connectivity index (χ0n) is 11.2. The summed E-state index contributed by atoms with van der Waals surface area (Å²) in [6.45, 7) is 4.34. The van der Waals surface area contributed by atoms with Crippen molar-refractivity contribution >= 4 is 15.9 Å². The molecular weight excluding hydrogens is 326 g/mol. The van der Waals surface area contributed by atoms with Crippen LogP contribution in [-0.2, 0) is 11.3 Å². The smallest absolute Gasteiger partial charge is 0.162 e. The van der Waals surface area contributed by atoms with Crippen molar-refractivity contribution in [1.29, 1.82) is 0 Å². The second-order valence-corrected chi connectivity index (χ2v) is 5.85. The van der Waals surface area contributed by atoms with Gasteiger partial charge in [0.2, 0.25) is 0 Å². The second kappa shape index (κ2) is 6.30.